The number of rotatable bonds is 6. The molecule has 0 spiro atoms. The number of hydrogen-bond donors (Lipinski definition) is 1. The summed E-state index contributed by atoms with van der Waals surface area (Å²) in [7, 11) is -3.24. The van der Waals surface area contributed by atoms with Crippen molar-refractivity contribution >= 4 is 21.8 Å². The van der Waals surface area contributed by atoms with Crippen LogP contribution >= 0.6 is 0 Å². The highest BCUT2D eigenvalue weighted by molar-refractivity contribution is 7.89. The summed E-state index contributed by atoms with van der Waals surface area (Å²) in [5.74, 6) is 0.142. The highest BCUT2D eigenvalue weighted by Gasteiger charge is 2.33. The first-order valence-electron chi connectivity index (χ1n) is 10.4. The normalized spacial score (nSPS) is 20.4. The molecule has 29 heavy (non-hydrogen) atoms. The van der Waals surface area contributed by atoms with E-state index in [0.29, 0.717) is 38.9 Å². The summed E-state index contributed by atoms with van der Waals surface area (Å²) in [4.78, 5) is 28.7. The van der Waals surface area contributed by atoms with Gasteiger partial charge in [0, 0.05) is 32.6 Å². The average Bonchev–Trinajstić information content (AvgIpc) is 2.68. The molecule has 160 valence electrons. The molecule has 1 aromatic carbocycles. The fourth-order valence-corrected chi connectivity index (χ4v) is 5.77. The Morgan fingerprint density at radius 2 is 1.83 bits per heavy atom. The van der Waals surface area contributed by atoms with Crippen LogP contribution in [0.4, 0.5) is 0 Å². The number of carbonyl (C=O) groups is 2. The van der Waals surface area contributed by atoms with Gasteiger partial charge in [0.05, 0.1) is 18.2 Å². The van der Waals surface area contributed by atoms with Gasteiger partial charge in [-0.3, -0.25) is 9.59 Å². The molecule has 1 saturated heterocycles. The lowest BCUT2D eigenvalue weighted by Crippen LogP contribution is -2.48. The molecule has 1 N–H and O–H groups in total. The van der Waals surface area contributed by atoms with Crippen LogP contribution in [0.2, 0.25) is 0 Å². The van der Waals surface area contributed by atoms with Crippen molar-refractivity contribution in [1.29, 1.82) is 0 Å². The van der Waals surface area contributed by atoms with Crippen LogP contribution in [0.5, 0.6) is 0 Å². The van der Waals surface area contributed by atoms with Crippen molar-refractivity contribution in [2.24, 2.45) is 0 Å². The van der Waals surface area contributed by atoms with E-state index in [1.165, 1.54) is 5.56 Å². The minimum absolute atomic E-state index is 0.0126. The smallest absolute Gasteiger partial charge is 0.224 e. The number of hydrogen-bond acceptors (Lipinski definition) is 4. The fourth-order valence-electron chi connectivity index (χ4n) is 4.37. The number of nitrogens with one attached hydrogen (secondary N) is 1. The van der Waals surface area contributed by atoms with Crippen LogP contribution in [0, 0.1) is 0 Å². The number of piperidine rings is 1. The largest absolute Gasteiger partial charge is 0.343 e. The van der Waals surface area contributed by atoms with Gasteiger partial charge in [-0.05, 0) is 36.8 Å². The number of amides is 2. The highest BCUT2D eigenvalue weighted by Crippen LogP contribution is 2.33. The first-order chi connectivity index (χ1) is 13.8. The van der Waals surface area contributed by atoms with Crippen LogP contribution in [-0.2, 0) is 26.0 Å². The van der Waals surface area contributed by atoms with Crippen LogP contribution in [0.3, 0.4) is 0 Å². The number of carbonyl (C=O) groups excluding carboxylic acids is 2. The molecule has 0 bridgehead atoms. The molecule has 1 atom stereocenters. The Hall–Kier alpha value is -1.93. The first kappa shape index (κ1) is 21.8. The Labute approximate surface area is 173 Å². The zero-order valence-corrected chi connectivity index (χ0v) is 18.1. The molecule has 0 aromatic heterocycles. The van der Waals surface area contributed by atoms with Gasteiger partial charge in [0.1, 0.15) is 0 Å². The van der Waals surface area contributed by atoms with Crippen LogP contribution in [0.25, 0.3) is 0 Å². The van der Waals surface area contributed by atoms with Crippen LogP contribution in [-0.4, -0.2) is 61.5 Å². The number of benzene rings is 1. The molecule has 8 heteroatoms. The SMILES string of the molecule is CCCS(=O)(=O)NC1CCN(C(=O)CC2c3ccccc3CCN2C(C)=O)CC1. The topological polar surface area (TPSA) is 86.8 Å². The molecule has 2 aliphatic heterocycles. The molecule has 2 amide bonds. The third-order valence-corrected chi connectivity index (χ3v) is 7.49. The van der Waals surface area contributed by atoms with Gasteiger partial charge in [0.15, 0.2) is 0 Å². The molecule has 1 fully saturated rings. The Bertz CT molecular complexity index is 847. The fraction of sp³-hybridized carbons (Fsp3) is 0.619. The van der Waals surface area contributed by atoms with E-state index in [0.717, 1.165) is 12.0 Å². The van der Waals surface area contributed by atoms with Crippen LogP contribution in [0.1, 0.15) is 56.7 Å². The van der Waals surface area contributed by atoms with Gasteiger partial charge < -0.3 is 9.80 Å². The lowest BCUT2D eigenvalue weighted by atomic mass is 9.90. The Balaban J connectivity index is 1.62. The van der Waals surface area contributed by atoms with Gasteiger partial charge in [-0.25, -0.2) is 13.1 Å². The minimum atomic E-state index is -3.24. The maximum atomic E-state index is 13.0. The van der Waals surface area contributed by atoms with Crippen molar-refractivity contribution in [3.63, 3.8) is 0 Å². The van der Waals surface area contributed by atoms with Gasteiger partial charge in [-0.15, -0.1) is 0 Å². The van der Waals surface area contributed by atoms with Crippen molar-refractivity contribution < 1.29 is 18.0 Å². The monoisotopic (exact) mass is 421 g/mol. The standard InChI is InChI=1S/C21H31N3O4S/c1-3-14-29(27,28)22-18-9-11-23(12-10-18)21(26)15-20-19-7-5-4-6-17(19)8-13-24(20)16(2)25/h4-7,18,20,22H,3,8-15H2,1-2H3. The second-order valence-electron chi connectivity index (χ2n) is 7.97. The Morgan fingerprint density at radius 3 is 2.48 bits per heavy atom. The number of likely N-dealkylation sites (tertiary alicyclic amines) is 1. The van der Waals surface area contributed by atoms with Crippen molar-refractivity contribution in [2.75, 3.05) is 25.4 Å². The molecule has 2 aliphatic rings. The van der Waals surface area contributed by atoms with Crippen molar-refractivity contribution in [2.45, 2.75) is 58.0 Å². The molecule has 7 nitrogen and oxygen atoms in total. The van der Waals surface area contributed by atoms with E-state index in [2.05, 4.69) is 10.8 Å². The molecular weight excluding hydrogens is 390 g/mol. The van der Waals surface area contributed by atoms with Gasteiger partial charge in [-0.2, -0.15) is 0 Å². The Kier molecular flexibility index (Phi) is 6.95. The summed E-state index contributed by atoms with van der Waals surface area (Å²) in [5, 5.41) is 0. The van der Waals surface area contributed by atoms with Crippen molar-refractivity contribution in [3.8, 4) is 0 Å². The molecule has 1 aromatic rings. The number of fused-ring (bicyclic) bond motifs is 1. The summed E-state index contributed by atoms with van der Waals surface area (Å²) >= 11 is 0. The van der Waals surface area contributed by atoms with Crippen LogP contribution < -0.4 is 4.72 Å². The maximum absolute atomic E-state index is 13.0. The number of sulfonamides is 1. The summed E-state index contributed by atoms with van der Waals surface area (Å²) in [6.45, 7) is 5.10. The molecule has 3 rings (SSSR count). The molecule has 2 heterocycles. The third-order valence-electron chi connectivity index (χ3n) is 5.85. The van der Waals surface area contributed by atoms with Gasteiger partial charge in [-0.1, -0.05) is 31.2 Å². The van der Waals surface area contributed by atoms with E-state index in [1.807, 2.05) is 25.1 Å². The van der Waals surface area contributed by atoms with Crippen molar-refractivity contribution in [3.05, 3.63) is 35.4 Å². The first-order valence-corrected chi connectivity index (χ1v) is 12.1. The van der Waals surface area contributed by atoms with Gasteiger partial charge in [0.2, 0.25) is 21.8 Å². The van der Waals surface area contributed by atoms with E-state index in [4.69, 9.17) is 0 Å². The highest BCUT2D eigenvalue weighted by atomic mass is 32.2. The second kappa shape index (κ2) is 9.26. The zero-order valence-electron chi connectivity index (χ0n) is 17.3. The molecule has 0 saturated carbocycles. The molecule has 1 unspecified atom stereocenters. The second-order valence-corrected chi connectivity index (χ2v) is 9.85. The summed E-state index contributed by atoms with van der Waals surface area (Å²) < 4.78 is 26.7. The lowest BCUT2D eigenvalue weighted by Gasteiger charge is -2.38. The molecular formula is C21H31N3O4S. The van der Waals surface area contributed by atoms with Gasteiger partial charge >= 0.3 is 0 Å². The van der Waals surface area contributed by atoms with Crippen LogP contribution in [0.15, 0.2) is 24.3 Å². The Morgan fingerprint density at radius 1 is 1.14 bits per heavy atom. The zero-order chi connectivity index (χ0) is 21.0. The predicted octanol–water partition coefficient (Wildman–Crippen LogP) is 1.84. The minimum Gasteiger partial charge on any atom is -0.343 e. The maximum Gasteiger partial charge on any atom is 0.224 e. The van der Waals surface area contributed by atoms with E-state index < -0.39 is 10.0 Å². The summed E-state index contributed by atoms with van der Waals surface area (Å²) in [5.41, 5.74) is 2.26. The third kappa shape index (κ3) is 5.36. The quantitative estimate of drug-likeness (QED) is 0.759. The molecule has 0 radical (unpaired) electrons. The summed E-state index contributed by atoms with van der Waals surface area (Å²) in [6.07, 6.45) is 2.90. The van der Waals surface area contributed by atoms with Crippen molar-refractivity contribution in [1.82, 2.24) is 14.5 Å². The van der Waals surface area contributed by atoms with E-state index in [1.54, 1.807) is 16.7 Å². The van der Waals surface area contributed by atoms with E-state index in [-0.39, 0.29) is 36.1 Å². The van der Waals surface area contributed by atoms with Gasteiger partial charge in [0.25, 0.3) is 0 Å². The van der Waals surface area contributed by atoms with E-state index >= 15 is 0 Å². The van der Waals surface area contributed by atoms with E-state index in [9.17, 15) is 18.0 Å². The average molecular weight is 422 g/mol. The predicted molar refractivity (Wildman–Crippen MR) is 112 cm³/mol. The molecule has 0 aliphatic carbocycles. The summed E-state index contributed by atoms with van der Waals surface area (Å²) in [6, 6.07) is 7.68. The number of nitrogens with zero attached hydrogens (tertiary/aromatic N) is 2. The lowest BCUT2D eigenvalue weighted by molar-refractivity contribution is -0.137.